The highest BCUT2D eigenvalue weighted by Gasteiger charge is 2.41. The summed E-state index contributed by atoms with van der Waals surface area (Å²) in [7, 11) is -0.148. The van der Waals surface area contributed by atoms with Crippen LogP contribution in [0.15, 0.2) is 0 Å². The number of ether oxygens (including phenoxy) is 2. The fourth-order valence-corrected chi connectivity index (χ4v) is 3.15. The van der Waals surface area contributed by atoms with Crippen molar-refractivity contribution in [1.29, 1.82) is 0 Å². The summed E-state index contributed by atoms with van der Waals surface area (Å²) in [5.41, 5.74) is 0. The second kappa shape index (κ2) is 8.55. The number of hydrogen-bond acceptors (Lipinski definition) is 6. The molecule has 1 spiro atoms. The minimum Gasteiger partial charge on any atom is -0.350 e. The van der Waals surface area contributed by atoms with Gasteiger partial charge in [0.15, 0.2) is 14.2 Å². The van der Waals surface area contributed by atoms with Crippen LogP contribution in [0.1, 0.15) is 25.7 Å². The van der Waals surface area contributed by atoms with Gasteiger partial charge < -0.3 is 18.9 Å². The zero-order valence-corrected chi connectivity index (χ0v) is 13.3. The lowest BCUT2D eigenvalue weighted by Crippen LogP contribution is -2.37. The van der Waals surface area contributed by atoms with Crippen molar-refractivity contribution in [3.63, 3.8) is 0 Å². The molecular weight excluding hydrogens is 287 g/mol. The molecular formula is C12H23O5PS. The number of thiol groups is 1. The number of carbonyl (C=O) groups is 1. The molecule has 19 heavy (non-hydrogen) atoms. The summed E-state index contributed by atoms with van der Waals surface area (Å²) in [6.07, 6.45) is 4.96. The maximum atomic E-state index is 11.9. The molecule has 0 aromatic carbocycles. The Morgan fingerprint density at radius 2 is 1.89 bits per heavy atom. The van der Waals surface area contributed by atoms with Crippen molar-refractivity contribution in [3.8, 4) is 0 Å². The van der Waals surface area contributed by atoms with Gasteiger partial charge in [0, 0.05) is 25.9 Å². The first-order chi connectivity index (χ1) is 9.15. The monoisotopic (exact) mass is 310 g/mol. The number of Topliss-reactive ketones (excluding diaryl/α,β-unsaturated/α-hetero) is 1. The summed E-state index contributed by atoms with van der Waals surface area (Å²) in [5.74, 6) is -0.281. The highest BCUT2D eigenvalue weighted by molar-refractivity contribution is 7.79. The lowest BCUT2D eigenvalue weighted by molar-refractivity contribution is -0.183. The average molecular weight is 310 g/mol. The predicted molar refractivity (Wildman–Crippen MR) is 77.5 cm³/mol. The lowest BCUT2D eigenvalue weighted by Gasteiger charge is -2.34. The van der Waals surface area contributed by atoms with E-state index in [1.807, 2.05) is 0 Å². The van der Waals surface area contributed by atoms with E-state index in [0.29, 0.717) is 13.2 Å². The topological polar surface area (TPSA) is 65.0 Å². The molecule has 1 saturated carbocycles. The van der Waals surface area contributed by atoms with Crippen molar-refractivity contribution in [2.45, 2.75) is 31.5 Å². The fraction of sp³-hybridized carbons (Fsp3) is 0.917. The van der Waals surface area contributed by atoms with E-state index < -0.39 is 14.2 Å². The van der Waals surface area contributed by atoms with Crippen LogP contribution in [0.2, 0.25) is 0 Å². The van der Waals surface area contributed by atoms with Gasteiger partial charge in [0.1, 0.15) is 5.78 Å². The Kier molecular flexibility index (Phi) is 7.80. The molecule has 1 aliphatic carbocycles. The molecule has 0 aromatic heterocycles. The molecule has 1 heterocycles. The van der Waals surface area contributed by atoms with Crippen LogP contribution in [0.4, 0.5) is 0 Å². The third kappa shape index (κ3) is 4.96. The maximum Gasteiger partial charge on any atom is 0.175 e. The molecule has 1 atom stereocenters. The van der Waals surface area contributed by atoms with Crippen molar-refractivity contribution >= 4 is 26.8 Å². The van der Waals surface area contributed by atoms with E-state index in [0.717, 1.165) is 25.7 Å². The quantitative estimate of drug-likeness (QED) is 0.614. The van der Waals surface area contributed by atoms with Gasteiger partial charge >= 0.3 is 0 Å². The van der Waals surface area contributed by atoms with Gasteiger partial charge in [-0.25, -0.2) is 0 Å². The molecule has 2 rings (SSSR count). The van der Waals surface area contributed by atoms with Crippen LogP contribution in [0.3, 0.4) is 0 Å². The van der Waals surface area contributed by atoms with Gasteiger partial charge in [-0.2, -0.15) is 12.6 Å². The first-order valence-corrected chi connectivity index (χ1v) is 8.70. The molecule has 1 unspecified atom stereocenters. The Labute approximate surface area is 121 Å². The van der Waals surface area contributed by atoms with E-state index in [4.69, 9.17) is 14.0 Å². The molecule has 5 nitrogen and oxygen atoms in total. The van der Waals surface area contributed by atoms with E-state index >= 15 is 0 Å². The Hall–Kier alpha value is 0.290. The number of hydrogen-bond donors (Lipinski definition) is 2. The van der Waals surface area contributed by atoms with Gasteiger partial charge in [0.25, 0.3) is 0 Å². The van der Waals surface area contributed by atoms with Gasteiger partial charge in [-0.05, 0) is 19.1 Å². The van der Waals surface area contributed by atoms with Crippen molar-refractivity contribution in [1.82, 2.24) is 0 Å². The number of ketones is 1. The van der Waals surface area contributed by atoms with Gasteiger partial charge in [-0.3, -0.25) is 4.79 Å². The molecule has 1 saturated heterocycles. The highest BCUT2D eigenvalue weighted by atomic mass is 32.1. The third-order valence-corrected chi connectivity index (χ3v) is 4.52. The normalized spacial score (nSPS) is 23.8. The van der Waals surface area contributed by atoms with E-state index in [-0.39, 0.29) is 17.9 Å². The minimum absolute atomic E-state index is 0.0284. The van der Waals surface area contributed by atoms with E-state index in [1.54, 1.807) is 6.26 Å². The molecule has 0 radical (unpaired) electrons. The van der Waals surface area contributed by atoms with Crippen LogP contribution in [0.5, 0.6) is 0 Å². The second-order valence-corrected chi connectivity index (χ2v) is 5.93. The summed E-state index contributed by atoms with van der Waals surface area (Å²) in [6.45, 7) is 1.31. The van der Waals surface area contributed by atoms with Gasteiger partial charge in [0.05, 0.1) is 19.4 Å². The number of rotatable bonds is 4. The van der Waals surface area contributed by atoms with Crippen LogP contribution >= 0.6 is 21.0 Å². The Morgan fingerprint density at radius 1 is 1.37 bits per heavy atom. The molecule has 0 bridgehead atoms. The van der Waals surface area contributed by atoms with Crippen molar-refractivity contribution in [2.24, 2.45) is 5.92 Å². The van der Waals surface area contributed by atoms with Gasteiger partial charge in [-0.15, -0.1) is 0 Å². The smallest absolute Gasteiger partial charge is 0.175 e. The fourth-order valence-electron chi connectivity index (χ4n) is 2.49. The van der Waals surface area contributed by atoms with E-state index in [1.165, 1.54) is 7.11 Å². The van der Waals surface area contributed by atoms with Crippen LogP contribution < -0.4 is 0 Å². The molecule has 0 aromatic rings. The second-order valence-electron chi connectivity index (χ2n) is 4.54. The zero-order chi connectivity index (χ0) is 14.3. The predicted octanol–water partition coefficient (Wildman–Crippen LogP) is 1.99. The summed E-state index contributed by atoms with van der Waals surface area (Å²) >= 11 is 3.53. The van der Waals surface area contributed by atoms with Crippen molar-refractivity contribution < 1.29 is 23.7 Å². The van der Waals surface area contributed by atoms with E-state index in [2.05, 4.69) is 12.6 Å². The highest BCUT2D eigenvalue weighted by Crippen LogP contribution is 2.40. The van der Waals surface area contributed by atoms with Crippen LogP contribution in [0.25, 0.3) is 0 Å². The van der Waals surface area contributed by atoms with Crippen LogP contribution in [-0.2, 0) is 18.8 Å². The molecule has 112 valence electrons. The van der Waals surface area contributed by atoms with Crippen molar-refractivity contribution in [3.05, 3.63) is 0 Å². The first kappa shape index (κ1) is 17.3. The molecule has 1 N–H and O–H groups in total. The Balaban J connectivity index is 0.000000861. The summed E-state index contributed by atoms with van der Waals surface area (Å²) < 4.78 is 16.0. The third-order valence-electron chi connectivity index (χ3n) is 3.52. The standard InChI is InChI=1S/C11H19O5P.CH4S/c1-14-17(13)8-10(12)9-2-4-11(5-3-9)15-6-7-16-11;1-2/h9,13H,2-8H2,1H3;2H,1H3. The van der Waals surface area contributed by atoms with Crippen LogP contribution in [0, 0.1) is 5.92 Å². The lowest BCUT2D eigenvalue weighted by atomic mass is 9.83. The maximum absolute atomic E-state index is 11.9. The van der Waals surface area contributed by atoms with Gasteiger partial charge in [-0.1, -0.05) is 0 Å². The molecule has 7 heteroatoms. The Morgan fingerprint density at radius 3 is 2.37 bits per heavy atom. The SMILES string of the molecule is COP(O)CC(=O)C1CCC2(CC1)OCCO2.CS. The van der Waals surface area contributed by atoms with E-state index in [9.17, 15) is 9.69 Å². The largest absolute Gasteiger partial charge is 0.350 e. The molecule has 1 aliphatic heterocycles. The van der Waals surface area contributed by atoms with Gasteiger partial charge in [0.2, 0.25) is 0 Å². The van der Waals surface area contributed by atoms with Crippen molar-refractivity contribution in [2.75, 3.05) is 32.7 Å². The minimum atomic E-state index is -1.57. The molecule has 0 amide bonds. The zero-order valence-electron chi connectivity index (χ0n) is 11.5. The Bertz CT molecular complexity index is 273. The summed E-state index contributed by atoms with van der Waals surface area (Å²) in [6, 6.07) is 0. The summed E-state index contributed by atoms with van der Waals surface area (Å²) in [5, 5.41) is 0. The summed E-state index contributed by atoms with van der Waals surface area (Å²) in [4.78, 5) is 21.2. The molecule has 2 fully saturated rings. The van der Waals surface area contributed by atoms with Crippen LogP contribution in [-0.4, -0.2) is 49.2 Å². The average Bonchev–Trinajstić information content (AvgIpc) is 2.90. The number of carbonyl (C=O) groups excluding carboxylic acids is 1. The first-order valence-electron chi connectivity index (χ1n) is 6.41. The molecule has 2 aliphatic rings.